The molecule has 4 amide bonds. The van der Waals surface area contributed by atoms with Gasteiger partial charge in [0.15, 0.2) is 0 Å². The number of carbonyl (C=O) groups excluding carboxylic acids is 3. The Balaban J connectivity index is 1.64. The van der Waals surface area contributed by atoms with Gasteiger partial charge in [0.05, 0.1) is 7.11 Å². The van der Waals surface area contributed by atoms with Crippen LogP contribution in [0.3, 0.4) is 0 Å². The zero-order valence-electron chi connectivity index (χ0n) is 16.5. The first-order valence-corrected chi connectivity index (χ1v) is 9.54. The summed E-state index contributed by atoms with van der Waals surface area (Å²) < 4.78 is 5.30. The van der Waals surface area contributed by atoms with E-state index in [0.717, 1.165) is 16.8 Å². The molecule has 0 radical (unpaired) electrons. The molecule has 1 N–H and O–H groups in total. The predicted octanol–water partition coefficient (Wildman–Crippen LogP) is 1.99. The molecule has 2 aliphatic heterocycles. The third kappa shape index (κ3) is 3.22. The van der Waals surface area contributed by atoms with Crippen molar-refractivity contribution in [3.8, 4) is 5.75 Å². The molecule has 1 fully saturated rings. The second kappa shape index (κ2) is 7.24. The van der Waals surface area contributed by atoms with Crippen LogP contribution in [0.25, 0.3) is 0 Å². The summed E-state index contributed by atoms with van der Waals surface area (Å²) in [6.45, 7) is 0.435. The molecule has 1 saturated heterocycles. The molecular weight excluding hydrogens is 370 g/mol. The topological polar surface area (TPSA) is 79.0 Å². The van der Waals surface area contributed by atoms with Gasteiger partial charge in [-0.2, -0.15) is 0 Å². The van der Waals surface area contributed by atoms with Crippen LogP contribution in [0.15, 0.2) is 48.5 Å². The van der Waals surface area contributed by atoms with Gasteiger partial charge in [0.25, 0.3) is 0 Å². The maximum atomic E-state index is 13.4. The van der Waals surface area contributed by atoms with Crippen LogP contribution < -0.4 is 15.0 Å². The Morgan fingerprint density at radius 1 is 1.10 bits per heavy atom. The highest BCUT2D eigenvalue weighted by Gasteiger charge is 2.56. The highest BCUT2D eigenvalue weighted by molar-refractivity contribution is 6.20. The third-order valence-electron chi connectivity index (χ3n) is 5.72. The summed E-state index contributed by atoms with van der Waals surface area (Å²) in [5, 5.41) is 2.41. The van der Waals surface area contributed by atoms with Gasteiger partial charge in [0.1, 0.15) is 11.2 Å². The van der Waals surface area contributed by atoms with Gasteiger partial charge in [0.2, 0.25) is 11.8 Å². The zero-order chi connectivity index (χ0) is 20.6. The van der Waals surface area contributed by atoms with E-state index in [1.54, 1.807) is 7.11 Å². The molecule has 2 heterocycles. The Kier molecular flexibility index (Phi) is 4.74. The second-order valence-corrected chi connectivity index (χ2v) is 7.56. The van der Waals surface area contributed by atoms with Crippen LogP contribution in [0, 0.1) is 5.41 Å². The fourth-order valence-corrected chi connectivity index (χ4v) is 4.19. The SMILES string of the molecule is COc1ccc2c(c1)C[C@]1(CN2C)C(=O)NC(=O)N(CCc2ccccc2)C1=O. The number of nitrogens with zero attached hydrogens (tertiary/aromatic N) is 2. The summed E-state index contributed by atoms with van der Waals surface area (Å²) in [7, 11) is 3.42. The quantitative estimate of drug-likeness (QED) is 0.804. The number of hydrogen-bond acceptors (Lipinski definition) is 5. The molecule has 1 atom stereocenters. The Morgan fingerprint density at radius 2 is 1.86 bits per heavy atom. The van der Waals surface area contributed by atoms with Gasteiger partial charge in [-0.3, -0.25) is 19.8 Å². The molecule has 29 heavy (non-hydrogen) atoms. The second-order valence-electron chi connectivity index (χ2n) is 7.56. The van der Waals surface area contributed by atoms with Crippen molar-refractivity contribution in [1.82, 2.24) is 10.2 Å². The predicted molar refractivity (Wildman–Crippen MR) is 108 cm³/mol. The summed E-state index contributed by atoms with van der Waals surface area (Å²) in [6, 6.07) is 14.6. The maximum Gasteiger partial charge on any atom is 0.330 e. The molecule has 0 bridgehead atoms. The van der Waals surface area contributed by atoms with Crippen molar-refractivity contribution in [3.05, 3.63) is 59.7 Å². The Bertz CT molecular complexity index is 975. The van der Waals surface area contributed by atoms with Crippen LogP contribution in [-0.2, 0) is 22.4 Å². The van der Waals surface area contributed by atoms with E-state index in [0.29, 0.717) is 12.2 Å². The lowest BCUT2D eigenvalue weighted by Crippen LogP contribution is -2.68. The fourth-order valence-electron chi connectivity index (χ4n) is 4.19. The van der Waals surface area contributed by atoms with Gasteiger partial charge in [-0.05, 0) is 42.2 Å². The molecule has 1 spiro atoms. The number of hydrogen-bond donors (Lipinski definition) is 1. The van der Waals surface area contributed by atoms with Crippen LogP contribution in [0.4, 0.5) is 10.5 Å². The number of anilines is 1. The summed E-state index contributed by atoms with van der Waals surface area (Å²) in [6.07, 6.45) is 0.758. The Morgan fingerprint density at radius 3 is 2.59 bits per heavy atom. The van der Waals surface area contributed by atoms with E-state index in [1.807, 2.05) is 60.5 Å². The summed E-state index contributed by atoms with van der Waals surface area (Å²) in [5.74, 6) is -0.318. The monoisotopic (exact) mass is 393 g/mol. The van der Waals surface area contributed by atoms with Gasteiger partial charge in [-0.1, -0.05) is 30.3 Å². The van der Waals surface area contributed by atoms with E-state index < -0.39 is 23.3 Å². The van der Waals surface area contributed by atoms with Crippen molar-refractivity contribution >= 4 is 23.5 Å². The first-order chi connectivity index (χ1) is 13.9. The van der Waals surface area contributed by atoms with E-state index >= 15 is 0 Å². The lowest BCUT2D eigenvalue weighted by atomic mass is 9.74. The number of amides is 4. The van der Waals surface area contributed by atoms with Crippen LogP contribution in [0.1, 0.15) is 11.1 Å². The van der Waals surface area contributed by atoms with Gasteiger partial charge in [-0.25, -0.2) is 4.79 Å². The van der Waals surface area contributed by atoms with E-state index in [2.05, 4.69) is 5.32 Å². The van der Waals surface area contributed by atoms with Crippen molar-refractivity contribution in [3.63, 3.8) is 0 Å². The molecule has 0 saturated carbocycles. The number of ether oxygens (including phenoxy) is 1. The minimum absolute atomic E-state index is 0.214. The Hall–Kier alpha value is -3.35. The molecule has 4 rings (SSSR count). The standard InChI is InChI=1S/C22H23N3O4/c1-24-14-22(13-16-12-17(29-2)8-9-18(16)24)19(26)23-21(28)25(20(22)27)11-10-15-6-4-3-5-7-15/h3-9,12H,10-11,13-14H2,1-2H3,(H,23,26,28)/t22-/m0/s1. The van der Waals surface area contributed by atoms with Crippen molar-refractivity contribution in [1.29, 1.82) is 0 Å². The fraction of sp³-hybridized carbons (Fsp3) is 0.318. The van der Waals surface area contributed by atoms with Crippen LogP contribution in [0.2, 0.25) is 0 Å². The molecule has 2 aliphatic rings. The average Bonchev–Trinajstić information content (AvgIpc) is 2.72. The van der Waals surface area contributed by atoms with Crippen LogP contribution in [0.5, 0.6) is 5.75 Å². The van der Waals surface area contributed by atoms with Crippen LogP contribution in [-0.4, -0.2) is 50.0 Å². The van der Waals surface area contributed by atoms with E-state index in [9.17, 15) is 14.4 Å². The number of urea groups is 1. The molecule has 0 aliphatic carbocycles. The number of fused-ring (bicyclic) bond motifs is 1. The molecule has 2 aromatic carbocycles. The van der Waals surface area contributed by atoms with Crippen molar-refractivity contribution in [2.75, 3.05) is 32.1 Å². The molecule has 2 aromatic rings. The highest BCUT2D eigenvalue weighted by Crippen LogP contribution is 2.40. The first-order valence-electron chi connectivity index (χ1n) is 9.54. The normalized spacial score (nSPS) is 21.2. The van der Waals surface area contributed by atoms with Gasteiger partial charge in [0, 0.05) is 25.8 Å². The molecular formula is C22H23N3O4. The number of benzene rings is 2. The number of rotatable bonds is 4. The van der Waals surface area contributed by atoms with Crippen molar-refractivity contribution in [2.24, 2.45) is 5.41 Å². The van der Waals surface area contributed by atoms with Crippen LogP contribution >= 0.6 is 0 Å². The molecule has 7 nitrogen and oxygen atoms in total. The van der Waals surface area contributed by atoms with Crippen molar-refractivity contribution in [2.45, 2.75) is 12.8 Å². The van der Waals surface area contributed by atoms with Gasteiger partial charge >= 0.3 is 6.03 Å². The number of barbiturate groups is 1. The van der Waals surface area contributed by atoms with Crippen molar-refractivity contribution < 1.29 is 19.1 Å². The minimum atomic E-state index is -1.33. The first kappa shape index (κ1) is 19.0. The number of imide groups is 2. The third-order valence-corrected chi connectivity index (χ3v) is 5.72. The van der Waals surface area contributed by atoms with Gasteiger partial charge in [-0.15, -0.1) is 0 Å². The highest BCUT2D eigenvalue weighted by atomic mass is 16.5. The van der Waals surface area contributed by atoms with E-state index in [1.165, 1.54) is 4.90 Å². The molecule has 7 heteroatoms. The maximum absolute atomic E-state index is 13.4. The molecule has 0 unspecified atom stereocenters. The molecule has 0 aromatic heterocycles. The lowest BCUT2D eigenvalue weighted by Gasteiger charge is -2.45. The number of nitrogens with one attached hydrogen (secondary N) is 1. The van der Waals surface area contributed by atoms with Gasteiger partial charge < -0.3 is 9.64 Å². The summed E-state index contributed by atoms with van der Waals surface area (Å²) >= 11 is 0. The Labute approximate surface area is 169 Å². The minimum Gasteiger partial charge on any atom is -0.497 e. The largest absolute Gasteiger partial charge is 0.497 e. The summed E-state index contributed by atoms with van der Waals surface area (Å²) in [4.78, 5) is 41.8. The average molecular weight is 393 g/mol. The summed E-state index contributed by atoms with van der Waals surface area (Å²) in [5.41, 5.74) is 1.48. The smallest absolute Gasteiger partial charge is 0.330 e. The number of carbonyl (C=O) groups is 3. The van der Waals surface area contributed by atoms with E-state index in [-0.39, 0.29) is 19.5 Å². The number of methoxy groups -OCH3 is 1. The van der Waals surface area contributed by atoms with E-state index in [4.69, 9.17) is 4.74 Å². The molecule has 150 valence electrons. The zero-order valence-corrected chi connectivity index (χ0v) is 16.5. The lowest BCUT2D eigenvalue weighted by molar-refractivity contribution is -0.151.